The Morgan fingerprint density at radius 2 is 2.20 bits per heavy atom. The lowest BCUT2D eigenvalue weighted by molar-refractivity contribution is 0.205. The van der Waals surface area contributed by atoms with Crippen LogP contribution in [0.1, 0.15) is 38.4 Å². The zero-order chi connectivity index (χ0) is 10.5. The first kappa shape index (κ1) is 10.6. The van der Waals surface area contributed by atoms with Gasteiger partial charge >= 0.3 is 0 Å². The minimum absolute atomic E-state index is 0.978. The quantitative estimate of drug-likeness (QED) is 0.690. The highest BCUT2D eigenvalue weighted by Crippen LogP contribution is 2.10. The van der Waals surface area contributed by atoms with Gasteiger partial charge in [-0.25, -0.2) is 9.67 Å². The molecule has 1 aliphatic heterocycles. The second-order valence-corrected chi connectivity index (χ2v) is 4.24. The molecule has 0 amide bonds. The molecule has 2 rings (SSSR count). The van der Waals surface area contributed by atoms with E-state index in [4.69, 9.17) is 0 Å². The second-order valence-electron chi connectivity index (χ2n) is 4.24. The van der Waals surface area contributed by atoms with Gasteiger partial charge in [-0.2, -0.15) is 5.10 Å². The van der Waals surface area contributed by atoms with E-state index in [2.05, 4.69) is 21.9 Å². The maximum Gasteiger partial charge on any atom is 0.141 e. The minimum atomic E-state index is 0.978. The predicted octanol–water partition coefficient (Wildman–Crippen LogP) is 1.67. The average Bonchev–Trinajstić information content (AvgIpc) is 2.71. The van der Waals surface area contributed by atoms with E-state index in [1.165, 1.54) is 32.2 Å². The molecule has 0 saturated carbocycles. The van der Waals surface area contributed by atoms with Gasteiger partial charge in [-0.05, 0) is 13.0 Å². The summed E-state index contributed by atoms with van der Waals surface area (Å²) in [6, 6.07) is 0. The SMILES string of the molecule is CCCCCCN1CCn2ncnc2C1. The monoisotopic (exact) mass is 208 g/mol. The summed E-state index contributed by atoms with van der Waals surface area (Å²) in [4.78, 5) is 6.75. The number of hydrogen-bond acceptors (Lipinski definition) is 3. The first-order chi connectivity index (χ1) is 7.40. The summed E-state index contributed by atoms with van der Waals surface area (Å²) >= 11 is 0. The number of fused-ring (bicyclic) bond motifs is 1. The van der Waals surface area contributed by atoms with Crippen molar-refractivity contribution in [2.45, 2.75) is 45.7 Å². The zero-order valence-electron chi connectivity index (χ0n) is 9.52. The van der Waals surface area contributed by atoms with Crippen LogP contribution in [0.5, 0.6) is 0 Å². The summed E-state index contributed by atoms with van der Waals surface area (Å²) in [5.74, 6) is 1.12. The van der Waals surface area contributed by atoms with Gasteiger partial charge in [0, 0.05) is 6.54 Å². The van der Waals surface area contributed by atoms with Crippen molar-refractivity contribution in [3.8, 4) is 0 Å². The number of hydrogen-bond donors (Lipinski definition) is 0. The summed E-state index contributed by atoms with van der Waals surface area (Å²) in [5.41, 5.74) is 0. The third-order valence-electron chi connectivity index (χ3n) is 3.02. The standard InChI is InChI=1S/C11H20N4/c1-2-3-4-5-6-14-7-8-15-11(9-14)12-10-13-15/h10H,2-9H2,1H3. The highest BCUT2D eigenvalue weighted by Gasteiger charge is 2.16. The molecule has 0 radical (unpaired) electrons. The van der Waals surface area contributed by atoms with E-state index in [9.17, 15) is 0 Å². The van der Waals surface area contributed by atoms with Crippen molar-refractivity contribution < 1.29 is 0 Å². The molecule has 0 unspecified atom stereocenters. The Hall–Kier alpha value is -0.900. The molecule has 4 heteroatoms. The summed E-state index contributed by atoms with van der Waals surface area (Å²) < 4.78 is 2.02. The molecule has 0 aliphatic carbocycles. The van der Waals surface area contributed by atoms with Crippen molar-refractivity contribution in [3.63, 3.8) is 0 Å². The molecule has 0 saturated heterocycles. The molecule has 0 bridgehead atoms. The van der Waals surface area contributed by atoms with Crippen molar-refractivity contribution >= 4 is 0 Å². The van der Waals surface area contributed by atoms with E-state index in [1.54, 1.807) is 6.33 Å². The highest BCUT2D eigenvalue weighted by molar-refractivity contribution is 4.88. The summed E-state index contributed by atoms with van der Waals surface area (Å²) in [6.45, 7) is 6.58. The molecule has 1 aromatic heterocycles. The van der Waals surface area contributed by atoms with Crippen molar-refractivity contribution in [1.29, 1.82) is 0 Å². The van der Waals surface area contributed by atoms with Crippen LogP contribution < -0.4 is 0 Å². The van der Waals surface area contributed by atoms with E-state index in [1.807, 2.05) is 4.68 Å². The highest BCUT2D eigenvalue weighted by atomic mass is 15.4. The third kappa shape index (κ3) is 2.78. The van der Waals surface area contributed by atoms with Gasteiger partial charge in [0.15, 0.2) is 0 Å². The molecule has 0 fully saturated rings. The zero-order valence-corrected chi connectivity index (χ0v) is 9.52. The van der Waals surface area contributed by atoms with Gasteiger partial charge in [-0.1, -0.05) is 26.2 Å². The minimum Gasteiger partial charge on any atom is -0.294 e. The van der Waals surface area contributed by atoms with Crippen LogP contribution in [0.2, 0.25) is 0 Å². The summed E-state index contributed by atoms with van der Waals surface area (Å²) in [7, 11) is 0. The molecule has 0 N–H and O–H groups in total. The Bertz CT molecular complexity index is 295. The number of unbranched alkanes of at least 4 members (excludes halogenated alkanes) is 3. The Labute approximate surface area is 91.3 Å². The van der Waals surface area contributed by atoms with Crippen LogP contribution >= 0.6 is 0 Å². The van der Waals surface area contributed by atoms with Crippen LogP contribution in [-0.4, -0.2) is 32.8 Å². The fourth-order valence-corrected chi connectivity index (χ4v) is 2.07. The normalized spacial score (nSPS) is 16.6. The number of rotatable bonds is 5. The van der Waals surface area contributed by atoms with Gasteiger partial charge < -0.3 is 0 Å². The van der Waals surface area contributed by atoms with Crippen LogP contribution in [0, 0.1) is 0 Å². The molecule has 1 aliphatic rings. The maximum absolute atomic E-state index is 4.26. The fraction of sp³-hybridized carbons (Fsp3) is 0.818. The summed E-state index contributed by atoms with van der Waals surface area (Å²) in [5, 5.41) is 4.18. The Morgan fingerprint density at radius 3 is 3.07 bits per heavy atom. The lowest BCUT2D eigenvalue weighted by Gasteiger charge is -2.26. The Morgan fingerprint density at radius 1 is 1.27 bits per heavy atom. The number of aromatic nitrogens is 3. The average molecular weight is 208 g/mol. The molecule has 4 nitrogen and oxygen atoms in total. The molecule has 84 valence electrons. The van der Waals surface area contributed by atoms with Crippen LogP contribution in [0.25, 0.3) is 0 Å². The van der Waals surface area contributed by atoms with Gasteiger partial charge in [0.25, 0.3) is 0 Å². The molecule has 1 aromatic rings. The largest absolute Gasteiger partial charge is 0.294 e. The first-order valence-electron chi connectivity index (χ1n) is 5.99. The van der Waals surface area contributed by atoms with Crippen LogP contribution in [0.3, 0.4) is 0 Å². The first-order valence-corrected chi connectivity index (χ1v) is 5.99. The van der Waals surface area contributed by atoms with Crippen LogP contribution in [0.4, 0.5) is 0 Å². The maximum atomic E-state index is 4.26. The van der Waals surface area contributed by atoms with E-state index in [0.29, 0.717) is 0 Å². The Kier molecular flexibility index (Phi) is 3.72. The Balaban J connectivity index is 1.73. The number of nitrogens with zero attached hydrogens (tertiary/aromatic N) is 4. The van der Waals surface area contributed by atoms with E-state index in [0.717, 1.165) is 25.5 Å². The van der Waals surface area contributed by atoms with E-state index >= 15 is 0 Å². The van der Waals surface area contributed by atoms with Gasteiger partial charge in [-0.3, -0.25) is 4.90 Å². The van der Waals surface area contributed by atoms with Crippen molar-refractivity contribution in [2.75, 3.05) is 13.1 Å². The van der Waals surface area contributed by atoms with Crippen LogP contribution in [-0.2, 0) is 13.1 Å². The topological polar surface area (TPSA) is 34.0 Å². The summed E-state index contributed by atoms with van der Waals surface area (Å²) in [6.07, 6.45) is 7.02. The van der Waals surface area contributed by atoms with Gasteiger partial charge in [0.2, 0.25) is 0 Å². The molecule has 0 spiro atoms. The fourth-order valence-electron chi connectivity index (χ4n) is 2.07. The molecule has 0 atom stereocenters. The lowest BCUT2D eigenvalue weighted by Crippen LogP contribution is -2.34. The van der Waals surface area contributed by atoms with Crippen LogP contribution in [0.15, 0.2) is 6.33 Å². The molecular weight excluding hydrogens is 188 g/mol. The van der Waals surface area contributed by atoms with Gasteiger partial charge in [0.1, 0.15) is 12.2 Å². The molecule has 2 heterocycles. The third-order valence-corrected chi connectivity index (χ3v) is 3.02. The second kappa shape index (κ2) is 5.26. The van der Waals surface area contributed by atoms with Crippen molar-refractivity contribution in [3.05, 3.63) is 12.2 Å². The lowest BCUT2D eigenvalue weighted by atomic mass is 10.2. The predicted molar refractivity (Wildman–Crippen MR) is 59.4 cm³/mol. The van der Waals surface area contributed by atoms with Crippen molar-refractivity contribution in [1.82, 2.24) is 19.7 Å². The van der Waals surface area contributed by atoms with E-state index < -0.39 is 0 Å². The smallest absolute Gasteiger partial charge is 0.141 e. The molecule has 15 heavy (non-hydrogen) atoms. The molecule has 0 aromatic carbocycles. The van der Waals surface area contributed by atoms with Crippen molar-refractivity contribution in [2.24, 2.45) is 0 Å². The van der Waals surface area contributed by atoms with Gasteiger partial charge in [0.05, 0.1) is 13.1 Å². The van der Waals surface area contributed by atoms with E-state index in [-0.39, 0.29) is 0 Å². The van der Waals surface area contributed by atoms with Gasteiger partial charge in [-0.15, -0.1) is 0 Å². The molecular formula is C11H20N4.